The number of hydrogen-bond acceptors (Lipinski definition) is 5. The van der Waals surface area contributed by atoms with Crippen molar-refractivity contribution < 1.29 is 4.52 Å². The molecule has 140 valence electrons. The summed E-state index contributed by atoms with van der Waals surface area (Å²) >= 11 is 0. The maximum Gasteiger partial charge on any atom is 0.193 e. The maximum absolute atomic E-state index is 4.92. The van der Waals surface area contributed by atoms with Crippen molar-refractivity contribution in [1.82, 2.24) is 25.2 Å². The first-order chi connectivity index (χ1) is 12.3. The molecule has 1 N–H and O–H groups in total. The van der Waals surface area contributed by atoms with Crippen molar-refractivity contribution in [1.29, 1.82) is 0 Å². The molecule has 0 aliphatic carbocycles. The molecule has 0 aromatic carbocycles. The predicted molar refractivity (Wildman–Crippen MR) is 99.6 cm³/mol. The van der Waals surface area contributed by atoms with Crippen molar-refractivity contribution in [2.75, 3.05) is 52.9 Å². The van der Waals surface area contributed by atoms with Crippen LogP contribution in [0.3, 0.4) is 0 Å². The minimum Gasteiger partial charge on any atom is -0.364 e. The van der Waals surface area contributed by atoms with Crippen LogP contribution in [0.25, 0.3) is 0 Å². The van der Waals surface area contributed by atoms with E-state index >= 15 is 0 Å². The van der Waals surface area contributed by atoms with E-state index < -0.39 is 0 Å². The van der Waals surface area contributed by atoms with Crippen LogP contribution in [0.4, 0.5) is 0 Å². The molecule has 0 spiro atoms. The molecular weight excluding hydrogens is 316 g/mol. The van der Waals surface area contributed by atoms with E-state index in [1.165, 1.54) is 25.8 Å². The lowest BCUT2D eigenvalue weighted by atomic mass is 10.0. The second-order valence-corrected chi connectivity index (χ2v) is 6.96. The van der Waals surface area contributed by atoms with Gasteiger partial charge in [0, 0.05) is 58.4 Å². The molecule has 3 heterocycles. The van der Waals surface area contributed by atoms with Gasteiger partial charge in [-0.25, -0.2) is 0 Å². The number of aliphatic imine (C=N–C) groups is 1. The summed E-state index contributed by atoms with van der Waals surface area (Å²) in [5.41, 5.74) is 1.01. The number of piperazine rings is 1. The van der Waals surface area contributed by atoms with Gasteiger partial charge in [-0.1, -0.05) is 18.5 Å². The van der Waals surface area contributed by atoms with Crippen LogP contribution in [0.2, 0.25) is 0 Å². The molecule has 0 bridgehead atoms. The van der Waals surface area contributed by atoms with Crippen LogP contribution in [0.1, 0.15) is 31.9 Å². The molecule has 7 nitrogen and oxygen atoms in total. The Balaban J connectivity index is 1.44. The van der Waals surface area contributed by atoms with Crippen LogP contribution in [-0.4, -0.2) is 84.7 Å². The zero-order valence-electron chi connectivity index (χ0n) is 15.7. The fraction of sp³-hybridized carbons (Fsp3) is 0.778. The summed E-state index contributed by atoms with van der Waals surface area (Å²) in [6, 6.07) is 2.58. The SMILES string of the molecule is CCN1CCCCC1CNC(=NC)N1CCN(Cc2ccon2)CC1. The molecular formula is C18H32N6O. The first-order valence-corrected chi connectivity index (χ1v) is 9.61. The van der Waals surface area contributed by atoms with E-state index in [2.05, 4.69) is 37.1 Å². The fourth-order valence-electron chi connectivity index (χ4n) is 3.91. The predicted octanol–water partition coefficient (Wildman–Crippen LogP) is 1.24. The zero-order valence-corrected chi connectivity index (χ0v) is 15.7. The smallest absolute Gasteiger partial charge is 0.193 e. The first-order valence-electron chi connectivity index (χ1n) is 9.61. The fourth-order valence-corrected chi connectivity index (χ4v) is 3.91. The minimum absolute atomic E-state index is 0.643. The van der Waals surface area contributed by atoms with Crippen LogP contribution in [0.5, 0.6) is 0 Å². The molecule has 0 radical (unpaired) electrons. The van der Waals surface area contributed by atoms with Crippen molar-refractivity contribution in [3.63, 3.8) is 0 Å². The molecule has 0 saturated carbocycles. The highest BCUT2D eigenvalue weighted by molar-refractivity contribution is 5.80. The average Bonchev–Trinajstić information content (AvgIpc) is 3.17. The Hall–Kier alpha value is -1.60. The second kappa shape index (κ2) is 9.20. The molecule has 3 rings (SSSR count). The number of nitrogens with zero attached hydrogens (tertiary/aromatic N) is 5. The third kappa shape index (κ3) is 4.95. The van der Waals surface area contributed by atoms with Gasteiger partial charge in [0.15, 0.2) is 5.96 Å². The van der Waals surface area contributed by atoms with E-state index in [-0.39, 0.29) is 0 Å². The number of likely N-dealkylation sites (N-methyl/N-ethyl adjacent to an activating group) is 1. The van der Waals surface area contributed by atoms with Gasteiger partial charge < -0.3 is 14.7 Å². The highest BCUT2D eigenvalue weighted by atomic mass is 16.5. The van der Waals surface area contributed by atoms with Gasteiger partial charge in [0.25, 0.3) is 0 Å². The Labute approximate surface area is 151 Å². The van der Waals surface area contributed by atoms with Gasteiger partial charge >= 0.3 is 0 Å². The summed E-state index contributed by atoms with van der Waals surface area (Å²) in [7, 11) is 1.89. The zero-order chi connectivity index (χ0) is 17.5. The largest absolute Gasteiger partial charge is 0.364 e. The highest BCUT2D eigenvalue weighted by Gasteiger charge is 2.23. The lowest BCUT2D eigenvalue weighted by molar-refractivity contribution is 0.151. The van der Waals surface area contributed by atoms with E-state index in [1.807, 2.05) is 13.1 Å². The van der Waals surface area contributed by atoms with E-state index in [4.69, 9.17) is 4.52 Å². The molecule has 2 saturated heterocycles. The Morgan fingerprint density at radius 3 is 2.80 bits per heavy atom. The third-order valence-corrected chi connectivity index (χ3v) is 5.41. The quantitative estimate of drug-likeness (QED) is 0.638. The molecule has 2 aliphatic heterocycles. The Morgan fingerprint density at radius 2 is 2.12 bits per heavy atom. The van der Waals surface area contributed by atoms with E-state index in [0.29, 0.717) is 6.04 Å². The molecule has 2 fully saturated rings. The number of aromatic nitrogens is 1. The summed E-state index contributed by atoms with van der Waals surface area (Å²) < 4.78 is 4.92. The Kier molecular flexibility index (Phi) is 6.69. The number of nitrogens with one attached hydrogen (secondary N) is 1. The Morgan fingerprint density at radius 1 is 1.28 bits per heavy atom. The normalized spacial score (nSPS) is 23.8. The number of likely N-dealkylation sites (tertiary alicyclic amines) is 1. The van der Waals surface area contributed by atoms with Crippen molar-refractivity contribution in [2.45, 2.75) is 38.8 Å². The molecule has 0 amide bonds. The molecule has 1 atom stereocenters. The third-order valence-electron chi connectivity index (χ3n) is 5.41. The molecule has 2 aliphatic rings. The van der Waals surface area contributed by atoms with Gasteiger partial charge in [-0.15, -0.1) is 0 Å². The number of hydrogen-bond donors (Lipinski definition) is 1. The average molecular weight is 348 g/mol. The van der Waals surface area contributed by atoms with E-state index in [0.717, 1.165) is 57.5 Å². The molecule has 1 unspecified atom stereocenters. The van der Waals surface area contributed by atoms with Crippen molar-refractivity contribution in [2.24, 2.45) is 4.99 Å². The summed E-state index contributed by atoms with van der Waals surface area (Å²) in [6.45, 7) is 10.6. The monoisotopic (exact) mass is 348 g/mol. The van der Waals surface area contributed by atoms with Gasteiger partial charge in [-0.2, -0.15) is 0 Å². The maximum atomic E-state index is 4.92. The topological polar surface area (TPSA) is 60.1 Å². The van der Waals surface area contributed by atoms with Crippen molar-refractivity contribution in [3.8, 4) is 0 Å². The number of rotatable bonds is 5. The molecule has 1 aromatic heterocycles. The number of guanidine groups is 1. The highest BCUT2D eigenvalue weighted by Crippen LogP contribution is 2.16. The molecule has 7 heteroatoms. The summed E-state index contributed by atoms with van der Waals surface area (Å²) in [6.07, 6.45) is 5.63. The Bertz CT molecular complexity index is 524. The van der Waals surface area contributed by atoms with Crippen molar-refractivity contribution in [3.05, 3.63) is 18.0 Å². The van der Waals surface area contributed by atoms with Gasteiger partial charge in [0.05, 0.1) is 5.69 Å². The first kappa shape index (κ1) is 18.2. The van der Waals surface area contributed by atoms with Gasteiger partial charge in [-0.3, -0.25) is 14.8 Å². The minimum atomic E-state index is 0.643. The van der Waals surface area contributed by atoms with Crippen LogP contribution in [0.15, 0.2) is 21.8 Å². The molecule has 1 aromatic rings. The lowest BCUT2D eigenvalue weighted by Crippen LogP contribution is -2.54. The van der Waals surface area contributed by atoms with Crippen LogP contribution >= 0.6 is 0 Å². The molecule has 25 heavy (non-hydrogen) atoms. The summed E-state index contributed by atoms with van der Waals surface area (Å²) in [5.74, 6) is 1.04. The number of piperidine rings is 1. The van der Waals surface area contributed by atoms with E-state index in [9.17, 15) is 0 Å². The van der Waals surface area contributed by atoms with E-state index in [1.54, 1.807) is 6.26 Å². The van der Waals surface area contributed by atoms with Crippen LogP contribution < -0.4 is 5.32 Å². The van der Waals surface area contributed by atoms with Gasteiger partial charge in [0.2, 0.25) is 0 Å². The standard InChI is InChI=1S/C18H32N6O/c1-3-23-8-5-4-6-17(23)14-20-18(19-2)24-11-9-22(10-12-24)15-16-7-13-25-21-16/h7,13,17H,3-6,8-12,14-15H2,1-2H3,(H,19,20). The summed E-state index contributed by atoms with van der Waals surface area (Å²) in [4.78, 5) is 11.9. The van der Waals surface area contributed by atoms with Crippen LogP contribution in [-0.2, 0) is 6.54 Å². The summed E-state index contributed by atoms with van der Waals surface area (Å²) in [5, 5.41) is 7.63. The van der Waals surface area contributed by atoms with Crippen molar-refractivity contribution >= 4 is 5.96 Å². The van der Waals surface area contributed by atoms with Gasteiger partial charge in [0.1, 0.15) is 6.26 Å². The van der Waals surface area contributed by atoms with Crippen LogP contribution in [0, 0.1) is 0 Å². The van der Waals surface area contributed by atoms with Gasteiger partial charge in [-0.05, 0) is 25.9 Å². The lowest BCUT2D eigenvalue weighted by Gasteiger charge is -2.38. The second-order valence-electron chi connectivity index (χ2n) is 6.96.